The van der Waals surface area contributed by atoms with Gasteiger partial charge in [-0.1, -0.05) is 0 Å². The van der Waals surface area contributed by atoms with Gasteiger partial charge in [-0.3, -0.25) is 0 Å². The maximum Gasteiger partial charge on any atom is 0.337 e. The number of carbonyl (C=O) groups is 3. The summed E-state index contributed by atoms with van der Waals surface area (Å²) in [6.45, 7) is 0. The first kappa shape index (κ1) is 11.6. The van der Waals surface area contributed by atoms with Crippen LogP contribution in [0.5, 0.6) is 0 Å². The number of benzene rings is 1. The molecule has 7 nitrogen and oxygen atoms in total. The Balaban J connectivity index is 2.83. The van der Waals surface area contributed by atoms with Gasteiger partial charge < -0.3 is 20.3 Å². The maximum atomic E-state index is 11.0. The van der Waals surface area contributed by atoms with Crippen molar-refractivity contribution in [1.29, 1.82) is 0 Å². The lowest BCUT2D eigenvalue weighted by molar-refractivity contribution is 0.0652. The maximum absolute atomic E-state index is 11.0. The normalized spacial score (nSPS) is 10.4. The molecule has 1 aromatic heterocycles. The van der Waals surface area contributed by atoms with Crippen molar-refractivity contribution >= 4 is 28.8 Å². The first-order valence-electron chi connectivity index (χ1n) is 4.77. The predicted molar refractivity (Wildman–Crippen MR) is 59.2 cm³/mol. The molecule has 0 atom stereocenters. The number of nitrogens with one attached hydrogen (secondary N) is 1. The van der Waals surface area contributed by atoms with E-state index in [0.29, 0.717) is 0 Å². The summed E-state index contributed by atoms with van der Waals surface area (Å²) in [4.78, 5) is 35.4. The van der Waals surface area contributed by atoms with Gasteiger partial charge in [0, 0.05) is 17.1 Å². The third kappa shape index (κ3) is 1.67. The highest BCUT2D eigenvalue weighted by Crippen LogP contribution is 2.23. The van der Waals surface area contributed by atoms with E-state index in [1.165, 1.54) is 6.20 Å². The van der Waals surface area contributed by atoms with Gasteiger partial charge in [-0.25, -0.2) is 14.4 Å². The van der Waals surface area contributed by atoms with Gasteiger partial charge in [-0.15, -0.1) is 0 Å². The monoisotopic (exact) mass is 249 g/mol. The molecule has 0 unspecified atom stereocenters. The highest BCUT2D eigenvalue weighted by Gasteiger charge is 2.20. The molecule has 0 saturated carbocycles. The van der Waals surface area contributed by atoms with Crippen LogP contribution in [-0.4, -0.2) is 38.2 Å². The van der Waals surface area contributed by atoms with Crippen molar-refractivity contribution in [3.8, 4) is 0 Å². The second kappa shape index (κ2) is 3.88. The van der Waals surface area contributed by atoms with E-state index in [-0.39, 0.29) is 16.5 Å². The largest absolute Gasteiger partial charge is 0.478 e. The van der Waals surface area contributed by atoms with E-state index in [9.17, 15) is 14.4 Å². The topological polar surface area (TPSA) is 128 Å². The molecule has 0 amide bonds. The molecule has 92 valence electrons. The first-order chi connectivity index (χ1) is 8.41. The zero-order valence-electron chi connectivity index (χ0n) is 8.80. The van der Waals surface area contributed by atoms with Gasteiger partial charge >= 0.3 is 17.9 Å². The van der Waals surface area contributed by atoms with Crippen molar-refractivity contribution in [2.45, 2.75) is 0 Å². The molecule has 2 rings (SSSR count). The molecule has 0 fully saturated rings. The summed E-state index contributed by atoms with van der Waals surface area (Å²) in [7, 11) is 0. The summed E-state index contributed by atoms with van der Waals surface area (Å²) in [5, 5.41) is 26.9. The third-order valence-corrected chi connectivity index (χ3v) is 2.51. The van der Waals surface area contributed by atoms with Crippen molar-refractivity contribution in [1.82, 2.24) is 4.98 Å². The fraction of sp³-hybridized carbons (Fsp3) is 0. The number of aromatic amines is 1. The second-order valence-corrected chi connectivity index (χ2v) is 3.56. The zero-order chi connectivity index (χ0) is 13.4. The SMILES string of the molecule is O=C(O)c1cc2[nH]cc(C(=O)O)c2cc1C(=O)O. The van der Waals surface area contributed by atoms with Gasteiger partial charge in [0.1, 0.15) is 0 Å². The number of H-pyrrole nitrogens is 1. The highest BCUT2D eigenvalue weighted by atomic mass is 16.4. The van der Waals surface area contributed by atoms with E-state index in [2.05, 4.69) is 4.98 Å². The van der Waals surface area contributed by atoms with E-state index in [1.807, 2.05) is 0 Å². The van der Waals surface area contributed by atoms with Crippen LogP contribution in [-0.2, 0) is 0 Å². The van der Waals surface area contributed by atoms with Crippen LogP contribution in [0.25, 0.3) is 10.9 Å². The molecule has 7 heteroatoms. The van der Waals surface area contributed by atoms with Crippen molar-refractivity contribution in [2.75, 3.05) is 0 Å². The molecule has 0 radical (unpaired) electrons. The lowest BCUT2D eigenvalue weighted by Gasteiger charge is -2.02. The predicted octanol–water partition coefficient (Wildman–Crippen LogP) is 1.26. The van der Waals surface area contributed by atoms with Crippen molar-refractivity contribution in [3.63, 3.8) is 0 Å². The molecule has 1 heterocycles. The number of rotatable bonds is 3. The summed E-state index contributed by atoms with van der Waals surface area (Å²) in [5.41, 5.74) is -0.690. The molecule has 2 aromatic rings. The molecular formula is C11H7NO6. The van der Waals surface area contributed by atoms with Crippen molar-refractivity contribution in [2.24, 2.45) is 0 Å². The average molecular weight is 249 g/mol. The Morgan fingerprint density at radius 1 is 0.833 bits per heavy atom. The Morgan fingerprint density at radius 2 is 1.33 bits per heavy atom. The Bertz CT molecular complexity index is 684. The molecule has 1 aromatic carbocycles. The van der Waals surface area contributed by atoms with Gasteiger partial charge in [0.2, 0.25) is 0 Å². The van der Waals surface area contributed by atoms with E-state index < -0.39 is 29.0 Å². The Hall–Kier alpha value is -2.83. The summed E-state index contributed by atoms with van der Waals surface area (Å²) in [6, 6.07) is 2.15. The third-order valence-electron chi connectivity index (χ3n) is 2.51. The number of carboxylic acid groups (broad SMARTS) is 3. The molecular weight excluding hydrogens is 242 g/mol. The zero-order valence-corrected chi connectivity index (χ0v) is 8.80. The second-order valence-electron chi connectivity index (χ2n) is 3.56. The molecule has 4 N–H and O–H groups in total. The van der Waals surface area contributed by atoms with Crippen LogP contribution in [0.4, 0.5) is 0 Å². The number of hydrogen-bond acceptors (Lipinski definition) is 3. The van der Waals surface area contributed by atoms with Crippen LogP contribution in [0.2, 0.25) is 0 Å². The van der Waals surface area contributed by atoms with E-state index in [4.69, 9.17) is 15.3 Å². The van der Waals surface area contributed by atoms with Gasteiger partial charge in [-0.05, 0) is 12.1 Å². The Labute approximate surface area is 99.3 Å². The minimum Gasteiger partial charge on any atom is -0.478 e. The minimum absolute atomic E-state index is 0.107. The van der Waals surface area contributed by atoms with E-state index >= 15 is 0 Å². The number of aromatic nitrogens is 1. The van der Waals surface area contributed by atoms with Crippen LogP contribution in [0, 0.1) is 0 Å². The van der Waals surface area contributed by atoms with Gasteiger partial charge in [0.25, 0.3) is 0 Å². The lowest BCUT2D eigenvalue weighted by Crippen LogP contribution is -2.08. The fourth-order valence-corrected chi connectivity index (χ4v) is 1.70. The van der Waals surface area contributed by atoms with E-state index in [1.54, 1.807) is 0 Å². The lowest BCUT2D eigenvalue weighted by atomic mass is 10.0. The fourth-order valence-electron chi connectivity index (χ4n) is 1.70. The molecule has 0 aliphatic rings. The summed E-state index contributed by atoms with van der Waals surface area (Å²) in [6.07, 6.45) is 1.18. The van der Waals surface area contributed by atoms with Crippen LogP contribution in [0.15, 0.2) is 18.3 Å². The standard InChI is InChI=1S/C11H7NO6/c13-9(14)5-1-4-7(11(17)18)3-12-8(4)2-6(5)10(15)16/h1-3,12H,(H,13,14)(H,15,16)(H,17,18). The minimum atomic E-state index is -1.42. The van der Waals surface area contributed by atoms with Gasteiger partial charge in [0.05, 0.1) is 16.7 Å². The molecule has 0 saturated heterocycles. The van der Waals surface area contributed by atoms with Crippen molar-refractivity contribution in [3.05, 3.63) is 35.0 Å². The smallest absolute Gasteiger partial charge is 0.337 e. The molecule has 18 heavy (non-hydrogen) atoms. The Morgan fingerprint density at radius 3 is 1.83 bits per heavy atom. The van der Waals surface area contributed by atoms with Gasteiger partial charge in [-0.2, -0.15) is 0 Å². The van der Waals surface area contributed by atoms with E-state index in [0.717, 1.165) is 12.1 Å². The average Bonchev–Trinajstić information content (AvgIpc) is 2.69. The quantitative estimate of drug-likeness (QED) is 0.648. The van der Waals surface area contributed by atoms with Crippen LogP contribution in [0.1, 0.15) is 31.1 Å². The molecule has 0 aliphatic heterocycles. The number of fused-ring (bicyclic) bond motifs is 1. The van der Waals surface area contributed by atoms with Crippen molar-refractivity contribution < 1.29 is 29.7 Å². The van der Waals surface area contributed by atoms with Crippen LogP contribution in [0.3, 0.4) is 0 Å². The van der Waals surface area contributed by atoms with Crippen LogP contribution < -0.4 is 0 Å². The molecule has 0 spiro atoms. The Kier molecular flexibility index (Phi) is 2.51. The summed E-state index contributed by atoms with van der Waals surface area (Å²) >= 11 is 0. The number of aromatic carboxylic acids is 3. The summed E-state index contributed by atoms with van der Waals surface area (Å²) in [5.74, 6) is -4.03. The molecule has 0 bridgehead atoms. The van der Waals surface area contributed by atoms with Gasteiger partial charge in [0.15, 0.2) is 0 Å². The number of carboxylic acids is 3. The first-order valence-corrected chi connectivity index (χ1v) is 4.77. The van der Waals surface area contributed by atoms with Crippen LogP contribution >= 0.6 is 0 Å². The summed E-state index contributed by atoms with van der Waals surface area (Å²) < 4.78 is 0. The highest BCUT2D eigenvalue weighted by molar-refractivity contribution is 6.10. The number of hydrogen-bond donors (Lipinski definition) is 4. The molecule has 0 aliphatic carbocycles.